The topological polar surface area (TPSA) is 169 Å². The van der Waals surface area contributed by atoms with Crippen molar-refractivity contribution in [1.82, 2.24) is 5.32 Å². The highest BCUT2D eigenvalue weighted by molar-refractivity contribution is 7.47. The van der Waals surface area contributed by atoms with E-state index in [1.54, 1.807) is 0 Å². The number of phosphoric ester groups is 1. The lowest BCUT2D eigenvalue weighted by molar-refractivity contribution is -0.147. The molecule has 0 bridgehead atoms. The molecular formula is C30H54NO10P. The molecule has 0 radical (unpaired) electrons. The summed E-state index contributed by atoms with van der Waals surface area (Å²) < 4.78 is 26.1. The number of allylic oxidation sites excluding steroid dienone is 4. The van der Waals surface area contributed by atoms with Gasteiger partial charge in [-0.2, -0.15) is 0 Å². The van der Waals surface area contributed by atoms with Crippen LogP contribution >= 0.6 is 7.82 Å². The molecule has 0 aromatic heterocycles. The van der Waals surface area contributed by atoms with Gasteiger partial charge in [-0.1, -0.05) is 89.5 Å². The molecule has 0 spiro atoms. The number of ether oxygens (including phenoxy) is 1. The first kappa shape index (κ1) is 40.0. The summed E-state index contributed by atoms with van der Waals surface area (Å²) in [6.07, 6.45) is 23.8. The molecule has 0 aromatic rings. The molecule has 3 unspecified atom stereocenters. The number of rotatable bonds is 28. The number of hydrogen-bond donors (Lipinski definition) is 4. The second kappa shape index (κ2) is 26.6. The summed E-state index contributed by atoms with van der Waals surface area (Å²) >= 11 is 0. The maximum atomic E-state index is 11.9. The zero-order chi connectivity index (χ0) is 31.5. The predicted molar refractivity (Wildman–Crippen MR) is 162 cm³/mol. The molecule has 1 amide bonds. The van der Waals surface area contributed by atoms with Gasteiger partial charge >= 0.3 is 19.8 Å². The van der Waals surface area contributed by atoms with E-state index < -0.39 is 57.6 Å². The van der Waals surface area contributed by atoms with E-state index in [-0.39, 0.29) is 12.8 Å². The Labute approximate surface area is 251 Å². The monoisotopic (exact) mass is 619 g/mol. The molecule has 4 N–H and O–H groups in total. The van der Waals surface area contributed by atoms with E-state index in [0.29, 0.717) is 6.42 Å². The summed E-state index contributed by atoms with van der Waals surface area (Å²) in [7, 11) is -4.71. The van der Waals surface area contributed by atoms with Gasteiger partial charge in [0.05, 0.1) is 13.2 Å². The number of carbonyl (C=O) groups is 3. The number of hydrogen-bond acceptors (Lipinski definition) is 8. The third-order valence-corrected chi connectivity index (χ3v) is 7.26. The molecule has 0 aromatic carbocycles. The van der Waals surface area contributed by atoms with Crippen molar-refractivity contribution in [2.75, 3.05) is 19.8 Å². The number of aliphatic hydroxyl groups is 1. The standard InChI is InChI=1S/C30H54NO10P/c1-3-5-6-7-8-9-10-11-12-13-14-15-16-17-18-19-20-21-22-29(34)39-23-26(32)24-40-42(37,38)41-25-27(30(35)36)31-28(33)4-2/h9-10,12-13,26-27,32H,3-8,11,14-25H2,1-2H3,(H,31,33)(H,35,36)(H,37,38)/b10-9-,13-12-. The van der Waals surface area contributed by atoms with Crippen molar-refractivity contribution < 1.29 is 47.8 Å². The molecule has 3 atom stereocenters. The molecule has 0 saturated heterocycles. The van der Waals surface area contributed by atoms with Crippen molar-refractivity contribution in [3.63, 3.8) is 0 Å². The lowest BCUT2D eigenvalue weighted by atomic mass is 10.1. The van der Waals surface area contributed by atoms with Gasteiger partial charge in [0.25, 0.3) is 0 Å². The van der Waals surface area contributed by atoms with Crippen LogP contribution in [0.25, 0.3) is 0 Å². The maximum absolute atomic E-state index is 11.9. The van der Waals surface area contributed by atoms with E-state index in [9.17, 15) is 28.9 Å². The van der Waals surface area contributed by atoms with E-state index in [1.165, 1.54) is 58.3 Å². The van der Waals surface area contributed by atoms with E-state index in [2.05, 4.69) is 45.6 Å². The number of carbonyl (C=O) groups excluding carboxylic acids is 2. The SMILES string of the molecule is CCCCCC/C=C\C/C=C\CCCCCCCCCC(=O)OCC(O)COP(=O)(O)OCC(NC(=O)CC)C(=O)O. The van der Waals surface area contributed by atoms with Crippen molar-refractivity contribution in [2.45, 2.75) is 129 Å². The van der Waals surface area contributed by atoms with Crippen LogP contribution in [0.2, 0.25) is 0 Å². The van der Waals surface area contributed by atoms with Crippen molar-refractivity contribution in [3.8, 4) is 0 Å². The maximum Gasteiger partial charge on any atom is 0.472 e. The van der Waals surface area contributed by atoms with Gasteiger partial charge in [0.1, 0.15) is 12.7 Å². The van der Waals surface area contributed by atoms with Gasteiger partial charge in [-0.05, 0) is 38.5 Å². The Kier molecular flexibility index (Phi) is 25.3. The molecule has 42 heavy (non-hydrogen) atoms. The summed E-state index contributed by atoms with van der Waals surface area (Å²) in [5.74, 6) is -2.50. The highest BCUT2D eigenvalue weighted by atomic mass is 31.2. The van der Waals surface area contributed by atoms with Crippen LogP contribution in [-0.4, -0.2) is 64.9 Å². The summed E-state index contributed by atoms with van der Waals surface area (Å²) in [6, 6.07) is -1.54. The Morgan fingerprint density at radius 1 is 0.786 bits per heavy atom. The number of phosphoric acid groups is 1. The zero-order valence-corrected chi connectivity index (χ0v) is 26.4. The average molecular weight is 620 g/mol. The molecule has 11 nitrogen and oxygen atoms in total. The van der Waals surface area contributed by atoms with Gasteiger partial charge in [-0.25, -0.2) is 9.36 Å². The second-order valence-electron chi connectivity index (χ2n) is 10.3. The van der Waals surface area contributed by atoms with E-state index in [0.717, 1.165) is 32.1 Å². The second-order valence-corrected chi connectivity index (χ2v) is 11.7. The van der Waals surface area contributed by atoms with Gasteiger partial charge in [0, 0.05) is 12.8 Å². The van der Waals surface area contributed by atoms with Crippen LogP contribution in [0.3, 0.4) is 0 Å². The number of unbranched alkanes of at least 4 members (excludes halogenated alkanes) is 11. The summed E-state index contributed by atoms with van der Waals surface area (Å²) in [5.41, 5.74) is 0. The van der Waals surface area contributed by atoms with Crippen LogP contribution in [0.1, 0.15) is 117 Å². The first-order chi connectivity index (χ1) is 20.1. The number of amides is 1. The lowest BCUT2D eigenvalue weighted by Gasteiger charge is -2.18. The fourth-order valence-electron chi connectivity index (χ4n) is 3.78. The molecule has 0 rings (SSSR count). The Balaban J connectivity index is 3.76. The van der Waals surface area contributed by atoms with Crippen LogP contribution in [-0.2, 0) is 32.7 Å². The third-order valence-electron chi connectivity index (χ3n) is 6.31. The Morgan fingerprint density at radius 2 is 1.33 bits per heavy atom. The molecule has 0 fully saturated rings. The van der Waals surface area contributed by atoms with Crippen LogP contribution in [0.5, 0.6) is 0 Å². The minimum atomic E-state index is -4.71. The number of aliphatic carboxylic acids is 1. The third kappa shape index (κ3) is 25.7. The lowest BCUT2D eigenvalue weighted by Crippen LogP contribution is -2.43. The van der Waals surface area contributed by atoms with Gasteiger partial charge in [0.2, 0.25) is 5.91 Å². The van der Waals surface area contributed by atoms with Crippen LogP contribution in [0.15, 0.2) is 24.3 Å². The van der Waals surface area contributed by atoms with Crippen molar-refractivity contribution >= 4 is 25.7 Å². The van der Waals surface area contributed by atoms with Crippen molar-refractivity contribution in [1.29, 1.82) is 0 Å². The van der Waals surface area contributed by atoms with Crippen molar-refractivity contribution in [3.05, 3.63) is 24.3 Å². The Bertz CT molecular complexity index is 833. The molecule has 0 aliphatic rings. The smallest absolute Gasteiger partial charge is 0.472 e. The van der Waals surface area contributed by atoms with Crippen LogP contribution < -0.4 is 5.32 Å². The molecule has 0 aliphatic heterocycles. The normalized spacial score (nSPS) is 14.6. The minimum Gasteiger partial charge on any atom is -0.480 e. The van der Waals surface area contributed by atoms with Crippen molar-refractivity contribution in [2.24, 2.45) is 0 Å². The molecule has 12 heteroatoms. The molecule has 0 saturated carbocycles. The zero-order valence-electron chi connectivity index (χ0n) is 25.5. The largest absolute Gasteiger partial charge is 0.480 e. The number of aliphatic hydroxyl groups excluding tert-OH is 1. The number of carboxylic acid groups (broad SMARTS) is 1. The first-order valence-electron chi connectivity index (χ1n) is 15.4. The number of carboxylic acids is 1. The van der Waals surface area contributed by atoms with Gasteiger partial charge in [0.15, 0.2) is 6.04 Å². The predicted octanol–water partition coefficient (Wildman–Crippen LogP) is 5.99. The fraction of sp³-hybridized carbons (Fsp3) is 0.767. The molecular weight excluding hydrogens is 565 g/mol. The minimum absolute atomic E-state index is 0.0260. The Morgan fingerprint density at radius 3 is 1.90 bits per heavy atom. The summed E-state index contributed by atoms with van der Waals surface area (Å²) in [6.45, 7) is 1.84. The highest BCUT2D eigenvalue weighted by Crippen LogP contribution is 2.43. The van der Waals surface area contributed by atoms with Gasteiger partial charge < -0.3 is 25.2 Å². The van der Waals surface area contributed by atoms with E-state index in [1.807, 2.05) is 0 Å². The van der Waals surface area contributed by atoms with Gasteiger partial charge in [-0.3, -0.25) is 18.6 Å². The number of esters is 1. The van der Waals surface area contributed by atoms with E-state index in [4.69, 9.17) is 9.84 Å². The average Bonchev–Trinajstić information content (AvgIpc) is 2.96. The van der Waals surface area contributed by atoms with Crippen LogP contribution in [0, 0.1) is 0 Å². The fourth-order valence-corrected chi connectivity index (χ4v) is 4.55. The molecule has 244 valence electrons. The quantitative estimate of drug-likeness (QED) is 0.0353. The highest BCUT2D eigenvalue weighted by Gasteiger charge is 2.28. The van der Waals surface area contributed by atoms with Crippen LogP contribution in [0.4, 0.5) is 0 Å². The van der Waals surface area contributed by atoms with E-state index >= 15 is 0 Å². The summed E-state index contributed by atoms with van der Waals surface area (Å²) in [5, 5.41) is 21.0. The summed E-state index contributed by atoms with van der Waals surface area (Å²) in [4.78, 5) is 44.0. The Hall–Kier alpha value is -2.04. The first-order valence-corrected chi connectivity index (χ1v) is 16.9. The van der Waals surface area contributed by atoms with Gasteiger partial charge in [-0.15, -0.1) is 0 Å². The molecule has 0 aliphatic carbocycles. The number of nitrogens with one attached hydrogen (secondary N) is 1. The molecule has 0 heterocycles.